The number of nitrogens with zero attached hydrogens (tertiary/aromatic N) is 1. The van der Waals surface area contributed by atoms with Crippen LogP contribution >= 0.6 is 23.2 Å². The van der Waals surface area contributed by atoms with Gasteiger partial charge in [0, 0.05) is 11.1 Å². The molecule has 1 amide bonds. The molecule has 0 saturated carbocycles. The second-order valence-corrected chi connectivity index (χ2v) is 7.31. The molecule has 0 spiro atoms. The zero-order valence-corrected chi connectivity index (χ0v) is 17.2. The lowest BCUT2D eigenvalue weighted by atomic mass is 10.1. The predicted molar refractivity (Wildman–Crippen MR) is 106 cm³/mol. The molecule has 3 rings (SSSR count). The molecule has 32 heavy (non-hydrogen) atoms. The van der Waals surface area contributed by atoms with Gasteiger partial charge in [0.2, 0.25) is 5.88 Å². The van der Waals surface area contributed by atoms with E-state index in [1.807, 2.05) is 5.32 Å². The Morgan fingerprint density at radius 3 is 2.41 bits per heavy atom. The Labute approximate surface area is 187 Å². The predicted octanol–water partition coefficient (Wildman–Crippen LogP) is 5.76. The molecule has 1 aliphatic heterocycles. The SMILES string of the molecule is O=C(COC1=CC(C(F)(F)F)NN1c1ccccc1Cl)Nc1ccc(Cl)cc1C(F)(F)F. The van der Waals surface area contributed by atoms with Gasteiger partial charge in [0.25, 0.3) is 5.91 Å². The van der Waals surface area contributed by atoms with Crippen LogP contribution in [0.2, 0.25) is 10.0 Å². The largest absolute Gasteiger partial charge is 0.468 e. The number of para-hydroxylation sites is 1. The third-order valence-corrected chi connectivity index (χ3v) is 4.71. The summed E-state index contributed by atoms with van der Waals surface area (Å²) in [5.41, 5.74) is 0.510. The van der Waals surface area contributed by atoms with Gasteiger partial charge in [0.1, 0.15) is 6.04 Å². The van der Waals surface area contributed by atoms with Gasteiger partial charge in [0.15, 0.2) is 6.61 Å². The first-order chi connectivity index (χ1) is 14.9. The van der Waals surface area contributed by atoms with Crippen molar-refractivity contribution in [1.82, 2.24) is 5.43 Å². The second-order valence-electron chi connectivity index (χ2n) is 6.46. The molecule has 0 bridgehead atoms. The van der Waals surface area contributed by atoms with Gasteiger partial charge in [-0.1, -0.05) is 35.3 Å². The molecule has 0 aromatic heterocycles. The quantitative estimate of drug-likeness (QED) is 0.513. The van der Waals surface area contributed by atoms with Gasteiger partial charge in [-0.3, -0.25) is 4.79 Å². The van der Waals surface area contributed by atoms with Crippen LogP contribution in [-0.2, 0) is 15.7 Å². The monoisotopic (exact) mass is 499 g/mol. The molecule has 0 radical (unpaired) electrons. The summed E-state index contributed by atoms with van der Waals surface area (Å²) < 4.78 is 84.2. The lowest BCUT2D eigenvalue weighted by Gasteiger charge is -2.25. The van der Waals surface area contributed by atoms with Crippen molar-refractivity contribution in [3.8, 4) is 0 Å². The third kappa shape index (κ3) is 5.59. The fourth-order valence-corrected chi connectivity index (χ4v) is 3.14. The fourth-order valence-electron chi connectivity index (χ4n) is 2.74. The number of rotatable bonds is 5. The number of nitrogens with one attached hydrogen (secondary N) is 2. The van der Waals surface area contributed by atoms with Crippen molar-refractivity contribution in [2.45, 2.75) is 18.4 Å². The smallest absolute Gasteiger partial charge is 0.418 e. The number of halogens is 8. The van der Waals surface area contributed by atoms with E-state index in [1.54, 1.807) is 6.07 Å². The van der Waals surface area contributed by atoms with Crippen LogP contribution in [0.3, 0.4) is 0 Å². The second kappa shape index (κ2) is 9.08. The Bertz CT molecular complexity index is 1040. The Hall–Kier alpha value is -2.63. The highest BCUT2D eigenvalue weighted by molar-refractivity contribution is 6.33. The first-order valence-corrected chi connectivity index (χ1v) is 9.50. The summed E-state index contributed by atoms with van der Waals surface area (Å²) in [7, 11) is 0. The van der Waals surface area contributed by atoms with Crippen LogP contribution in [0.4, 0.5) is 37.7 Å². The van der Waals surface area contributed by atoms with Gasteiger partial charge in [-0.15, -0.1) is 0 Å². The van der Waals surface area contributed by atoms with Crippen LogP contribution in [0.5, 0.6) is 0 Å². The number of amides is 1. The number of carbonyl (C=O) groups excluding carboxylic acids is 1. The van der Waals surface area contributed by atoms with Crippen LogP contribution in [0.25, 0.3) is 0 Å². The molecule has 0 saturated heterocycles. The maximum atomic E-state index is 13.2. The highest BCUT2D eigenvalue weighted by Crippen LogP contribution is 2.37. The summed E-state index contributed by atoms with van der Waals surface area (Å²) in [4.78, 5) is 12.2. The van der Waals surface area contributed by atoms with Crippen molar-refractivity contribution in [3.63, 3.8) is 0 Å². The summed E-state index contributed by atoms with van der Waals surface area (Å²) in [6.07, 6.45) is -8.80. The number of carbonyl (C=O) groups is 1. The van der Waals surface area contributed by atoms with Crippen LogP contribution in [-0.4, -0.2) is 24.7 Å². The van der Waals surface area contributed by atoms with Gasteiger partial charge >= 0.3 is 12.4 Å². The van der Waals surface area contributed by atoms with Gasteiger partial charge in [0.05, 0.1) is 22.0 Å². The highest BCUT2D eigenvalue weighted by Gasteiger charge is 2.44. The van der Waals surface area contributed by atoms with E-state index in [-0.39, 0.29) is 15.7 Å². The van der Waals surface area contributed by atoms with E-state index in [0.29, 0.717) is 12.1 Å². The molecule has 1 heterocycles. The molecule has 2 N–H and O–H groups in total. The summed E-state index contributed by atoms with van der Waals surface area (Å²) in [5, 5.41) is 2.82. The summed E-state index contributed by atoms with van der Waals surface area (Å²) >= 11 is 11.6. The number of alkyl halides is 6. The molecule has 2 aromatic rings. The van der Waals surface area contributed by atoms with E-state index < -0.39 is 48.0 Å². The topological polar surface area (TPSA) is 53.6 Å². The number of ether oxygens (including phenoxy) is 1. The maximum absolute atomic E-state index is 13.2. The standard InChI is InChI=1S/C19H13Cl2F6N3O2/c20-10-5-6-13(11(7-10)18(22,23)24)28-16(31)9-32-17-8-15(19(25,26)27)29-30(17)14-4-2-1-3-12(14)21/h1-8,15,29H,9H2,(H,28,31). The number of hydrazine groups is 1. The maximum Gasteiger partial charge on any atom is 0.418 e. The zero-order valence-electron chi connectivity index (χ0n) is 15.7. The van der Waals surface area contributed by atoms with Gasteiger partial charge in [-0.25, -0.2) is 10.4 Å². The average molecular weight is 500 g/mol. The van der Waals surface area contributed by atoms with Crippen molar-refractivity contribution in [3.05, 3.63) is 70.0 Å². The molecule has 0 fully saturated rings. The van der Waals surface area contributed by atoms with E-state index in [4.69, 9.17) is 27.9 Å². The third-order valence-electron chi connectivity index (χ3n) is 4.16. The minimum absolute atomic E-state index is 0.0951. The number of hydrogen-bond acceptors (Lipinski definition) is 4. The first kappa shape index (κ1) is 24.0. The molecule has 5 nitrogen and oxygen atoms in total. The van der Waals surface area contributed by atoms with Crippen LogP contribution in [0.15, 0.2) is 54.4 Å². The summed E-state index contributed by atoms with van der Waals surface area (Å²) in [5.74, 6) is -1.43. The van der Waals surface area contributed by atoms with Crippen molar-refractivity contribution < 1.29 is 35.9 Å². The van der Waals surface area contributed by atoms with Gasteiger partial charge in [-0.2, -0.15) is 26.3 Å². The van der Waals surface area contributed by atoms with E-state index in [9.17, 15) is 31.1 Å². The zero-order chi connectivity index (χ0) is 23.7. The van der Waals surface area contributed by atoms with Crippen LogP contribution < -0.4 is 15.8 Å². The lowest BCUT2D eigenvalue weighted by molar-refractivity contribution is -0.143. The van der Waals surface area contributed by atoms with Crippen LogP contribution in [0.1, 0.15) is 5.56 Å². The number of benzene rings is 2. The molecule has 2 aromatic carbocycles. The Morgan fingerprint density at radius 2 is 1.78 bits per heavy atom. The highest BCUT2D eigenvalue weighted by atomic mass is 35.5. The van der Waals surface area contributed by atoms with E-state index in [2.05, 4.69) is 5.43 Å². The normalized spacial score (nSPS) is 16.7. The molecule has 13 heteroatoms. The Morgan fingerprint density at radius 1 is 1.09 bits per heavy atom. The summed E-state index contributed by atoms with van der Waals surface area (Å²) in [6.45, 7) is -0.876. The van der Waals surface area contributed by atoms with E-state index in [0.717, 1.165) is 17.1 Å². The minimum Gasteiger partial charge on any atom is -0.468 e. The molecule has 1 aliphatic rings. The Balaban J connectivity index is 1.77. The van der Waals surface area contributed by atoms with Crippen molar-refractivity contribution in [2.24, 2.45) is 0 Å². The lowest BCUT2D eigenvalue weighted by Crippen LogP contribution is -2.45. The summed E-state index contributed by atoms with van der Waals surface area (Å²) in [6, 6.07) is 6.52. The van der Waals surface area contributed by atoms with Gasteiger partial charge in [-0.05, 0) is 30.3 Å². The first-order valence-electron chi connectivity index (χ1n) is 8.75. The Kier molecular flexibility index (Phi) is 6.82. The average Bonchev–Trinajstić information content (AvgIpc) is 3.12. The molecular formula is C19H13Cl2F6N3O2. The number of anilines is 2. The van der Waals surface area contributed by atoms with Crippen molar-refractivity contribution in [1.29, 1.82) is 0 Å². The minimum atomic E-state index is -4.80. The number of hydrogen-bond donors (Lipinski definition) is 2. The molecule has 1 atom stereocenters. The molecular weight excluding hydrogens is 487 g/mol. The van der Waals surface area contributed by atoms with E-state index in [1.165, 1.54) is 18.2 Å². The van der Waals surface area contributed by atoms with Crippen LogP contribution in [0, 0.1) is 0 Å². The van der Waals surface area contributed by atoms with E-state index >= 15 is 0 Å². The fraction of sp³-hybridized carbons (Fsp3) is 0.211. The van der Waals surface area contributed by atoms with Gasteiger partial charge < -0.3 is 10.1 Å². The molecule has 0 aliphatic carbocycles. The van der Waals surface area contributed by atoms with Crippen molar-refractivity contribution >= 4 is 40.5 Å². The molecule has 172 valence electrons. The van der Waals surface area contributed by atoms with Crippen molar-refractivity contribution in [2.75, 3.05) is 16.9 Å². The molecule has 1 unspecified atom stereocenters.